The molecule has 1 aromatic carbocycles. The summed E-state index contributed by atoms with van der Waals surface area (Å²) in [4.78, 5) is 30.5. The van der Waals surface area contributed by atoms with Crippen molar-refractivity contribution >= 4 is 28.5 Å². The van der Waals surface area contributed by atoms with Gasteiger partial charge in [0.1, 0.15) is 12.6 Å². The van der Waals surface area contributed by atoms with Crippen LogP contribution in [-0.2, 0) is 22.6 Å². The SMILES string of the molecule is CCc1csc(NC(=O)C2C(O)CCN2C(=O)OCc2ccccc2)n1. The number of nitrogens with zero attached hydrogens (tertiary/aromatic N) is 2. The molecule has 138 valence electrons. The maximum absolute atomic E-state index is 12.6. The molecule has 0 aliphatic carbocycles. The standard InChI is InChI=1S/C18H21N3O4S/c1-2-13-11-26-17(19-13)20-16(23)15-14(22)8-9-21(15)18(24)25-10-12-6-4-3-5-7-12/h3-7,11,14-15,22H,2,8-10H2,1H3,(H,19,20,23). The molecule has 1 aromatic heterocycles. The van der Waals surface area contributed by atoms with Gasteiger partial charge in [0.05, 0.1) is 11.8 Å². The van der Waals surface area contributed by atoms with Crippen LogP contribution in [0.5, 0.6) is 0 Å². The molecule has 26 heavy (non-hydrogen) atoms. The van der Waals surface area contributed by atoms with Crippen molar-refractivity contribution in [1.82, 2.24) is 9.88 Å². The molecule has 2 amide bonds. The average Bonchev–Trinajstić information content (AvgIpc) is 3.26. The molecule has 3 rings (SSSR count). The summed E-state index contributed by atoms with van der Waals surface area (Å²) < 4.78 is 5.30. The van der Waals surface area contributed by atoms with Gasteiger partial charge in [-0.3, -0.25) is 9.69 Å². The number of aromatic nitrogens is 1. The molecule has 0 bridgehead atoms. The summed E-state index contributed by atoms with van der Waals surface area (Å²) >= 11 is 1.32. The lowest BCUT2D eigenvalue weighted by Crippen LogP contribution is -2.47. The van der Waals surface area contributed by atoms with Gasteiger partial charge < -0.3 is 15.2 Å². The zero-order valence-corrected chi connectivity index (χ0v) is 15.2. The summed E-state index contributed by atoms with van der Waals surface area (Å²) in [5.74, 6) is -0.455. The van der Waals surface area contributed by atoms with Crippen LogP contribution < -0.4 is 5.32 Å². The van der Waals surface area contributed by atoms with Crippen molar-refractivity contribution in [3.8, 4) is 0 Å². The van der Waals surface area contributed by atoms with Gasteiger partial charge in [0.15, 0.2) is 5.13 Å². The van der Waals surface area contributed by atoms with E-state index >= 15 is 0 Å². The second-order valence-electron chi connectivity index (χ2n) is 6.02. The van der Waals surface area contributed by atoms with Crippen molar-refractivity contribution in [3.63, 3.8) is 0 Å². The minimum Gasteiger partial charge on any atom is -0.445 e. The molecular formula is C18H21N3O4S. The first-order valence-corrected chi connectivity index (χ1v) is 9.37. The number of aryl methyl sites for hydroxylation is 1. The average molecular weight is 375 g/mol. The van der Waals surface area contributed by atoms with Gasteiger partial charge in [-0.1, -0.05) is 37.3 Å². The highest BCUT2D eigenvalue weighted by molar-refractivity contribution is 7.13. The van der Waals surface area contributed by atoms with E-state index in [4.69, 9.17) is 4.74 Å². The fourth-order valence-corrected chi connectivity index (χ4v) is 3.60. The molecule has 2 aromatic rings. The van der Waals surface area contributed by atoms with Crippen molar-refractivity contribution in [2.45, 2.75) is 38.5 Å². The number of carbonyl (C=O) groups excluding carboxylic acids is 2. The van der Waals surface area contributed by atoms with Crippen LogP contribution in [0.4, 0.5) is 9.93 Å². The van der Waals surface area contributed by atoms with E-state index in [9.17, 15) is 14.7 Å². The summed E-state index contributed by atoms with van der Waals surface area (Å²) in [6.45, 7) is 2.36. The molecule has 2 unspecified atom stereocenters. The summed E-state index contributed by atoms with van der Waals surface area (Å²) in [5, 5.41) is 15.2. The van der Waals surface area contributed by atoms with Crippen LogP contribution >= 0.6 is 11.3 Å². The van der Waals surface area contributed by atoms with Crippen molar-refractivity contribution in [3.05, 3.63) is 47.0 Å². The third-order valence-electron chi connectivity index (χ3n) is 4.22. The van der Waals surface area contributed by atoms with Gasteiger partial charge in [-0.2, -0.15) is 0 Å². The van der Waals surface area contributed by atoms with E-state index in [0.29, 0.717) is 11.6 Å². The summed E-state index contributed by atoms with van der Waals surface area (Å²) in [7, 11) is 0. The minimum absolute atomic E-state index is 0.118. The van der Waals surface area contributed by atoms with Crippen LogP contribution in [0.2, 0.25) is 0 Å². The van der Waals surface area contributed by atoms with Crippen molar-refractivity contribution in [1.29, 1.82) is 0 Å². The number of hydrogen-bond donors (Lipinski definition) is 2. The van der Waals surface area contributed by atoms with Crippen LogP contribution in [-0.4, -0.2) is 45.7 Å². The first-order chi connectivity index (χ1) is 12.6. The topological polar surface area (TPSA) is 91.8 Å². The number of aliphatic hydroxyl groups excluding tert-OH is 1. The summed E-state index contributed by atoms with van der Waals surface area (Å²) in [5.41, 5.74) is 1.74. The van der Waals surface area contributed by atoms with E-state index in [0.717, 1.165) is 17.7 Å². The molecule has 1 aliphatic heterocycles. The monoisotopic (exact) mass is 375 g/mol. The third-order valence-corrected chi connectivity index (χ3v) is 5.02. The molecule has 0 spiro atoms. The number of thiazole rings is 1. The Kier molecular flexibility index (Phi) is 5.85. The molecular weight excluding hydrogens is 354 g/mol. The number of benzene rings is 1. The fourth-order valence-electron chi connectivity index (χ4n) is 2.81. The molecule has 1 saturated heterocycles. The lowest BCUT2D eigenvalue weighted by Gasteiger charge is -2.24. The van der Waals surface area contributed by atoms with Crippen LogP contribution in [0, 0.1) is 0 Å². The van der Waals surface area contributed by atoms with Gasteiger partial charge in [-0.15, -0.1) is 11.3 Å². The molecule has 8 heteroatoms. The van der Waals surface area contributed by atoms with Gasteiger partial charge in [0.2, 0.25) is 0 Å². The number of likely N-dealkylation sites (tertiary alicyclic amines) is 1. The van der Waals surface area contributed by atoms with Gasteiger partial charge in [0, 0.05) is 11.9 Å². The van der Waals surface area contributed by atoms with Gasteiger partial charge in [-0.25, -0.2) is 9.78 Å². The molecule has 0 saturated carbocycles. The lowest BCUT2D eigenvalue weighted by molar-refractivity contribution is -0.122. The number of ether oxygens (including phenoxy) is 1. The number of aliphatic hydroxyl groups is 1. The van der Waals surface area contributed by atoms with Gasteiger partial charge in [-0.05, 0) is 18.4 Å². The zero-order valence-electron chi connectivity index (χ0n) is 14.4. The predicted molar refractivity (Wildman–Crippen MR) is 97.9 cm³/mol. The van der Waals surface area contributed by atoms with Crippen molar-refractivity contribution < 1.29 is 19.4 Å². The van der Waals surface area contributed by atoms with E-state index in [-0.39, 0.29) is 13.2 Å². The highest BCUT2D eigenvalue weighted by atomic mass is 32.1. The number of carbonyl (C=O) groups is 2. The van der Waals surface area contributed by atoms with E-state index in [2.05, 4.69) is 10.3 Å². The Morgan fingerprint density at radius 2 is 2.15 bits per heavy atom. The Balaban J connectivity index is 1.62. The van der Waals surface area contributed by atoms with E-state index in [1.165, 1.54) is 16.2 Å². The first kappa shape index (κ1) is 18.3. The van der Waals surface area contributed by atoms with Crippen LogP contribution in [0.3, 0.4) is 0 Å². The number of rotatable bonds is 5. The van der Waals surface area contributed by atoms with E-state index < -0.39 is 24.1 Å². The number of hydrogen-bond acceptors (Lipinski definition) is 6. The first-order valence-electron chi connectivity index (χ1n) is 8.49. The molecule has 2 N–H and O–H groups in total. The maximum atomic E-state index is 12.6. The third kappa shape index (κ3) is 4.20. The quantitative estimate of drug-likeness (QED) is 0.837. The molecule has 7 nitrogen and oxygen atoms in total. The Labute approximate surface area is 155 Å². The largest absolute Gasteiger partial charge is 0.445 e. The fraction of sp³-hybridized carbons (Fsp3) is 0.389. The van der Waals surface area contributed by atoms with Crippen molar-refractivity contribution in [2.24, 2.45) is 0 Å². The van der Waals surface area contributed by atoms with Crippen LogP contribution in [0.25, 0.3) is 0 Å². The predicted octanol–water partition coefficient (Wildman–Crippen LogP) is 2.42. The van der Waals surface area contributed by atoms with Crippen molar-refractivity contribution in [2.75, 3.05) is 11.9 Å². The molecule has 2 atom stereocenters. The Bertz CT molecular complexity index is 765. The van der Waals surface area contributed by atoms with E-state index in [1.54, 1.807) is 0 Å². The molecule has 2 heterocycles. The maximum Gasteiger partial charge on any atom is 0.410 e. The summed E-state index contributed by atoms with van der Waals surface area (Å²) in [6, 6.07) is 8.32. The number of amides is 2. The normalized spacial score (nSPS) is 19.4. The number of anilines is 1. The van der Waals surface area contributed by atoms with Gasteiger partial charge in [0.25, 0.3) is 5.91 Å². The molecule has 1 aliphatic rings. The second kappa shape index (κ2) is 8.29. The Hall–Kier alpha value is -2.45. The van der Waals surface area contributed by atoms with Crippen LogP contribution in [0.15, 0.2) is 35.7 Å². The van der Waals surface area contributed by atoms with E-state index in [1.807, 2.05) is 42.6 Å². The Morgan fingerprint density at radius 3 is 2.85 bits per heavy atom. The number of nitrogens with one attached hydrogen (secondary N) is 1. The van der Waals surface area contributed by atoms with Crippen LogP contribution in [0.1, 0.15) is 24.6 Å². The molecule has 1 fully saturated rings. The van der Waals surface area contributed by atoms with Gasteiger partial charge >= 0.3 is 6.09 Å². The zero-order chi connectivity index (χ0) is 18.5. The Morgan fingerprint density at radius 1 is 1.38 bits per heavy atom. The second-order valence-corrected chi connectivity index (χ2v) is 6.88. The minimum atomic E-state index is -0.979. The molecule has 0 radical (unpaired) electrons. The smallest absolute Gasteiger partial charge is 0.410 e. The summed E-state index contributed by atoms with van der Waals surface area (Å²) in [6.07, 6.45) is -0.434. The highest BCUT2D eigenvalue weighted by Crippen LogP contribution is 2.23. The lowest BCUT2D eigenvalue weighted by atomic mass is 10.1. The highest BCUT2D eigenvalue weighted by Gasteiger charge is 2.42.